The van der Waals surface area contributed by atoms with Crippen LogP contribution in [0.2, 0.25) is 0 Å². The lowest BCUT2D eigenvalue weighted by molar-refractivity contribution is -0.117. The summed E-state index contributed by atoms with van der Waals surface area (Å²) < 4.78 is 7.13. The summed E-state index contributed by atoms with van der Waals surface area (Å²) in [5, 5.41) is 2.92. The van der Waals surface area contributed by atoms with Crippen LogP contribution in [0.15, 0.2) is 77.5 Å². The molecule has 0 saturated heterocycles. The number of anilines is 1. The van der Waals surface area contributed by atoms with E-state index < -0.39 is 0 Å². The fraction of sp³-hybridized carbons (Fsp3) is 0.250. The normalized spacial score (nSPS) is 11.0. The number of hydrogen-bond donors (Lipinski definition) is 1. The number of imidazole rings is 1. The average Bonchev–Trinajstić information content (AvgIpc) is 3.53. The van der Waals surface area contributed by atoms with Gasteiger partial charge in [0, 0.05) is 30.5 Å². The summed E-state index contributed by atoms with van der Waals surface area (Å²) in [5.74, 6) is -0.0934. The molecule has 2 amide bonds. The van der Waals surface area contributed by atoms with E-state index in [2.05, 4.69) is 5.32 Å². The zero-order valence-electron chi connectivity index (χ0n) is 21.1. The van der Waals surface area contributed by atoms with Crippen LogP contribution in [-0.4, -0.2) is 64.9 Å². The number of furan rings is 1. The predicted molar refractivity (Wildman–Crippen MR) is 140 cm³/mol. The minimum atomic E-state index is -0.344. The molecule has 4 rings (SSSR count). The Kier molecular flexibility index (Phi) is 7.65. The fourth-order valence-electron chi connectivity index (χ4n) is 3.70. The first-order valence-electron chi connectivity index (χ1n) is 11.8. The van der Waals surface area contributed by atoms with E-state index in [9.17, 15) is 9.59 Å². The number of likely N-dealkylation sites (N-methyl/N-ethyl adjacent to an activating group) is 1. The molecule has 0 unspecified atom stereocenters. The number of aryl methyl sites for hydroxylation is 2. The average molecular weight is 486 g/mol. The van der Waals surface area contributed by atoms with Gasteiger partial charge in [-0.25, -0.2) is 4.98 Å². The molecular formula is C28H31N5O3. The summed E-state index contributed by atoms with van der Waals surface area (Å²) in [6, 6.07) is 19.3. The standard InChI is InChI=1S/C28H31N5O3/c1-20-7-11-22(12-8-20)24-18-33(23-13-9-21(2)10-14-23)28(29-24)30-26(34)19-32(16-15-31(3)4)27(35)25-6-5-17-36-25/h5-14,17-18H,15-16,19H2,1-4H3,(H,29,30,34). The molecule has 1 N–H and O–H groups in total. The van der Waals surface area contributed by atoms with Crippen molar-refractivity contribution in [1.82, 2.24) is 19.4 Å². The number of hydrogen-bond acceptors (Lipinski definition) is 5. The second-order valence-electron chi connectivity index (χ2n) is 9.08. The Morgan fingerprint density at radius 1 is 0.944 bits per heavy atom. The third kappa shape index (κ3) is 6.09. The Hall–Kier alpha value is -4.17. The van der Waals surface area contributed by atoms with Gasteiger partial charge in [-0.15, -0.1) is 0 Å². The van der Waals surface area contributed by atoms with E-state index in [0.717, 1.165) is 28.1 Å². The fourth-order valence-corrected chi connectivity index (χ4v) is 3.70. The largest absolute Gasteiger partial charge is 0.459 e. The first-order chi connectivity index (χ1) is 17.3. The van der Waals surface area contributed by atoms with E-state index in [1.807, 2.05) is 92.1 Å². The molecule has 0 aliphatic rings. The number of nitrogens with zero attached hydrogens (tertiary/aromatic N) is 4. The predicted octanol–water partition coefficient (Wildman–Crippen LogP) is 4.39. The van der Waals surface area contributed by atoms with Crippen molar-refractivity contribution >= 4 is 17.8 Å². The van der Waals surface area contributed by atoms with E-state index in [-0.39, 0.29) is 24.1 Å². The molecule has 2 heterocycles. The molecule has 0 aliphatic heterocycles. The molecule has 0 aliphatic carbocycles. The maximum absolute atomic E-state index is 13.2. The van der Waals surface area contributed by atoms with Gasteiger partial charge < -0.3 is 14.2 Å². The first kappa shape index (κ1) is 24.9. The van der Waals surface area contributed by atoms with Crippen molar-refractivity contribution in [2.75, 3.05) is 39.0 Å². The van der Waals surface area contributed by atoms with Crippen molar-refractivity contribution in [2.45, 2.75) is 13.8 Å². The number of amides is 2. The summed E-state index contributed by atoms with van der Waals surface area (Å²) in [4.78, 5) is 34.3. The van der Waals surface area contributed by atoms with Crippen LogP contribution < -0.4 is 5.32 Å². The Morgan fingerprint density at radius 3 is 2.22 bits per heavy atom. The van der Waals surface area contributed by atoms with Crippen molar-refractivity contribution < 1.29 is 14.0 Å². The van der Waals surface area contributed by atoms with Crippen LogP contribution in [-0.2, 0) is 4.79 Å². The lowest BCUT2D eigenvalue weighted by atomic mass is 10.1. The van der Waals surface area contributed by atoms with Crippen molar-refractivity contribution in [2.24, 2.45) is 0 Å². The number of aromatic nitrogens is 2. The molecule has 8 nitrogen and oxygen atoms in total. The Bertz CT molecular complexity index is 1310. The number of nitrogens with one attached hydrogen (secondary N) is 1. The van der Waals surface area contributed by atoms with Gasteiger partial charge in [-0.3, -0.25) is 19.5 Å². The summed E-state index contributed by atoms with van der Waals surface area (Å²) in [6.45, 7) is 4.91. The molecule has 186 valence electrons. The summed E-state index contributed by atoms with van der Waals surface area (Å²) in [5.41, 5.74) is 4.85. The highest BCUT2D eigenvalue weighted by Gasteiger charge is 2.22. The van der Waals surface area contributed by atoms with E-state index >= 15 is 0 Å². The van der Waals surface area contributed by atoms with Crippen LogP contribution in [0.25, 0.3) is 16.9 Å². The molecule has 36 heavy (non-hydrogen) atoms. The van der Waals surface area contributed by atoms with Gasteiger partial charge in [0.1, 0.15) is 6.54 Å². The number of carbonyl (C=O) groups is 2. The van der Waals surface area contributed by atoms with Crippen LogP contribution in [0.3, 0.4) is 0 Å². The van der Waals surface area contributed by atoms with Gasteiger partial charge >= 0.3 is 0 Å². The van der Waals surface area contributed by atoms with Crippen molar-refractivity contribution in [3.05, 3.63) is 90.0 Å². The van der Waals surface area contributed by atoms with E-state index in [1.54, 1.807) is 12.1 Å². The number of carbonyl (C=O) groups excluding carboxylic acids is 2. The van der Waals surface area contributed by atoms with Crippen LogP contribution in [0.1, 0.15) is 21.7 Å². The number of rotatable bonds is 9. The summed E-state index contributed by atoms with van der Waals surface area (Å²) in [6.07, 6.45) is 3.35. The molecule has 4 aromatic rings. The molecule has 0 radical (unpaired) electrons. The maximum Gasteiger partial charge on any atom is 0.290 e. The highest BCUT2D eigenvalue weighted by atomic mass is 16.3. The monoisotopic (exact) mass is 485 g/mol. The van der Waals surface area contributed by atoms with Crippen LogP contribution in [0.5, 0.6) is 0 Å². The second kappa shape index (κ2) is 11.0. The Morgan fingerprint density at radius 2 is 1.61 bits per heavy atom. The lowest BCUT2D eigenvalue weighted by Gasteiger charge is -2.23. The molecule has 8 heteroatoms. The van der Waals surface area contributed by atoms with Gasteiger partial charge in [-0.1, -0.05) is 47.5 Å². The maximum atomic E-state index is 13.2. The third-order valence-corrected chi connectivity index (χ3v) is 5.79. The van der Waals surface area contributed by atoms with E-state index in [1.165, 1.54) is 11.2 Å². The lowest BCUT2D eigenvalue weighted by Crippen LogP contribution is -2.41. The molecule has 0 bridgehead atoms. The second-order valence-corrected chi connectivity index (χ2v) is 9.08. The van der Waals surface area contributed by atoms with Crippen molar-refractivity contribution in [1.29, 1.82) is 0 Å². The zero-order chi connectivity index (χ0) is 25.7. The highest BCUT2D eigenvalue weighted by molar-refractivity contribution is 5.97. The van der Waals surface area contributed by atoms with Gasteiger partial charge in [-0.05, 0) is 52.2 Å². The van der Waals surface area contributed by atoms with Gasteiger partial charge in [0.05, 0.1) is 12.0 Å². The first-order valence-corrected chi connectivity index (χ1v) is 11.8. The van der Waals surface area contributed by atoms with Gasteiger partial charge in [0.2, 0.25) is 11.9 Å². The van der Waals surface area contributed by atoms with Crippen LogP contribution in [0, 0.1) is 13.8 Å². The minimum Gasteiger partial charge on any atom is -0.459 e. The van der Waals surface area contributed by atoms with Crippen molar-refractivity contribution in [3.8, 4) is 16.9 Å². The third-order valence-electron chi connectivity index (χ3n) is 5.79. The molecule has 2 aromatic carbocycles. The molecule has 0 saturated carbocycles. The molecule has 2 aromatic heterocycles. The summed E-state index contributed by atoms with van der Waals surface area (Å²) in [7, 11) is 3.83. The molecular weight excluding hydrogens is 454 g/mol. The Labute approximate surface area is 211 Å². The minimum absolute atomic E-state index is 0.131. The SMILES string of the molecule is Cc1ccc(-c2cn(-c3ccc(C)cc3)c(NC(=O)CN(CCN(C)C)C(=O)c3ccco3)n2)cc1. The zero-order valence-corrected chi connectivity index (χ0v) is 21.1. The quantitative estimate of drug-likeness (QED) is 0.380. The van der Waals surface area contributed by atoms with Crippen LogP contribution >= 0.6 is 0 Å². The van der Waals surface area contributed by atoms with E-state index in [4.69, 9.17) is 9.40 Å². The van der Waals surface area contributed by atoms with Gasteiger partial charge in [-0.2, -0.15) is 0 Å². The topological polar surface area (TPSA) is 83.6 Å². The Balaban J connectivity index is 1.60. The smallest absolute Gasteiger partial charge is 0.290 e. The van der Waals surface area contributed by atoms with Gasteiger partial charge in [0.25, 0.3) is 5.91 Å². The van der Waals surface area contributed by atoms with E-state index in [0.29, 0.717) is 19.0 Å². The summed E-state index contributed by atoms with van der Waals surface area (Å²) >= 11 is 0. The highest BCUT2D eigenvalue weighted by Crippen LogP contribution is 2.25. The van der Waals surface area contributed by atoms with Gasteiger partial charge in [0.15, 0.2) is 5.76 Å². The molecule has 0 fully saturated rings. The van der Waals surface area contributed by atoms with Crippen LogP contribution in [0.4, 0.5) is 5.95 Å². The number of benzene rings is 2. The molecule has 0 atom stereocenters. The molecule has 0 spiro atoms. The van der Waals surface area contributed by atoms with Crippen molar-refractivity contribution in [3.63, 3.8) is 0 Å².